The molecule has 0 spiro atoms. The van der Waals surface area contributed by atoms with E-state index in [1.165, 1.54) is 60.1 Å². The van der Waals surface area contributed by atoms with Gasteiger partial charge < -0.3 is 4.90 Å². The number of aryl methyl sites for hydroxylation is 1. The van der Waals surface area contributed by atoms with Crippen molar-refractivity contribution in [1.29, 1.82) is 0 Å². The van der Waals surface area contributed by atoms with Crippen molar-refractivity contribution in [2.75, 3.05) is 18.0 Å². The summed E-state index contributed by atoms with van der Waals surface area (Å²) in [7, 11) is 0. The summed E-state index contributed by atoms with van der Waals surface area (Å²) in [6, 6.07) is 10.6. The van der Waals surface area contributed by atoms with E-state index in [1.54, 1.807) is 10.4 Å². The maximum atomic E-state index is 5.14. The first-order valence-electron chi connectivity index (χ1n) is 10.4. The van der Waals surface area contributed by atoms with E-state index in [0.717, 1.165) is 31.3 Å². The highest BCUT2D eigenvalue weighted by Crippen LogP contribution is 2.41. The van der Waals surface area contributed by atoms with Gasteiger partial charge in [-0.2, -0.15) is 0 Å². The van der Waals surface area contributed by atoms with Crippen LogP contribution in [0.4, 0.5) is 5.82 Å². The molecule has 140 valence electrons. The summed E-state index contributed by atoms with van der Waals surface area (Å²) < 4.78 is 0. The van der Waals surface area contributed by atoms with E-state index >= 15 is 0 Å². The fourth-order valence-electron chi connectivity index (χ4n) is 4.56. The van der Waals surface area contributed by atoms with Crippen molar-refractivity contribution in [2.24, 2.45) is 5.92 Å². The molecular formula is C23H27N3S. The van der Waals surface area contributed by atoms with Crippen LogP contribution >= 0.6 is 11.3 Å². The number of benzene rings is 1. The standard InChI is InChI=1S/C23H27N3S/c1-16-10-11-18-19(14-16)27-23-21(18)22(26-12-6-3-7-13-26)24-20(25-23)15-17-8-4-2-5-9-17/h2,4-5,8-9,16H,3,6-7,10-15H2,1H3/t16-/m0/s1. The Morgan fingerprint density at radius 1 is 1.07 bits per heavy atom. The number of nitrogens with zero attached hydrogens (tertiary/aromatic N) is 3. The van der Waals surface area contributed by atoms with Gasteiger partial charge in [0.05, 0.1) is 5.39 Å². The summed E-state index contributed by atoms with van der Waals surface area (Å²) >= 11 is 1.93. The normalized spacial score (nSPS) is 20.0. The van der Waals surface area contributed by atoms with Gasteiger partial charge in [0.2, 0.25) is 0 Å². The first kappa shape index (κ1) is 17.2. The summed E-state index contributed by atoms with van der Waals surface area (Å²) in [6.07, 6.45) is 8.43. The van der Waals surface area contributed by atoms with Gasteiger partial charge in [-0.1, -0.05) is 37.3 Å². The second kappa shape index (κ2) is 7.23. The second-order valence-corrected chi connectivity index (χ2v) is 9.29. The Morgan fingerprint density at radius 3 is 2.70 bits per heavy atom. The van der Waals surface area contributed by atoms with E-state index in [-0.39, 0.29) is 0 Å². The van der Waals surface area contributed by atoms with Crippen molar-refractivity contribution >= 4 is 27.4 Å². The largest absolute Gasteiger partial charge is 0.356 e. The van der Waals surface area contributed by atoms with Crippen molar-refractivity contribution in [2.45, 2.75) is 51.9 Å². The zero-order valence-corrected chi connectivity index (χ0v) is 16.9. The molecule has 0 unspecified atom stereocenters. The lowest BCUT2D eigenvalue weighted by molar-refractivity contribution is 0.509. The fourth-order valence-corrected chi connectivity index (χ4v) is 5.95. The lowest BCUT2D eigenvalue weighted by Gasteiger charge is -2.29. The second-order valence-electron chi connectivity index (χ2n) is 8.21. The van der Waals surface area contributed by atoms with Crippen LogP contribution in [-0.2, 0) is 19.3 Å². The van der Waals surface area contributed by atoms with E-state index in [4.69, 9.17) is 9.97 Å². The Hall–Kier alpha value is -1.94. The molecule has 4 heteroatoms. The van der Waals surface area contributed by atoms with E-state index in [2.05, 4.69) is 42.2 Å². The first-order chi connectivity index (χ1) is 13.3. The molecular weight excluding hydrogens is 350 g/mol. The van der Waals surface area contributed by atoms with Crippen molar-refractivity contribution in [3.63, 3.8) is 0 Å². The predicted octanol–water partition coefficient (Wildman–Crippen LogP) is 5.40. The van der Waals surface area contributed by atoms with Crippen LogP contribution in [0.25, 0.3) is 10.2 Å². The highest BCUT2D eigenvalue weighted by molar-refractivity contribution is 7.19. The zero-order valence-electron chi connectivity index (χ0n) is 16.1. The molecule has 0 N–H and O–H groups in total. The first-order valence-corrected chi connectivity index (χ1v) is 11.2. The van der Waals surface area contributed by atoms with E-state index in [0.29, 0.717) is 0 Å². The van der Waals surface area contributed by atoms with Gasteiger partial charge in [0.15, 0.2) is 0 Å². The SMILES string of the molecule is C[C@H]1CCc2c(sc3nc(Cc4ccccc4)nc(N4CCCCC4)c23)C1. The molecule has 1 fully saturated rings. The predicted molar refractivity (Wildman–Crippen MR) is 114 cm³/mol. The highest BCUT2D eigenvalue weighted by atomic mass is 32.1. The number of fused-ring (bicyclic) bond motifs is 3. The molecule has 0 radical (unpaired) electrons. The Bertz CT molecular complexity index is 941. The summed E-state index contributed by atoms with van der Waals surface area (Å²) in [6.45, 7) is 4.65. The number of rotatable bonds is 3. The molecule has 0 amide bonds. The molecule has 0 saturated carbocycles. The minimum atomic E-state index is 0.792. The van der Waals surface area contributed by atoms with E-state index in [9.17, 15) is 0 Å². The van der Waals surface area contributed by atoms with Gasteiger partial charge in [-0.05, 0) is 55.6 Å². The molecule has 27 heavy (non-hydrogen) atoms. The lowest BCUT2D eigenvalue weighted by Crippen LogP contribution is -2.30. The van der Waals surface area contributed by atoms with Crippen LogP contribution < -0.4 is 4.90 Å². The number of aromatic nitrogens is 2. The van der Waals surface area contributed by atoms with Gasteiger partial charge in [0.1, 0.15) is 16.5 Å². The van der Waals surface area contributed by atoms with Crippen LogP contribution in [0.3, 0.4) is 0 Å². The van der Waals surface area contributed by atoms with Crippen LogP contribution in [0.5, 0.6) is 0 Å². The number of thiophene rings is 1. The molecule has 0 bridgehead atoms. The van der Waals surface area contributed by atoms with Gasteiger partial charge in [0, 0.05) is 24.4 Å². The topological polar surface area (TPSA) is 29.0 Å². The molecule has 1 aliphatic carbocycles. The highest BCUT2D eigenvalue weighted by Gasteiger charge is 2.26. The van der Waals surface area contributed by atoms with Gasteiger partial charge >= 0.3 is 0 Å². The Labute approximate surface area is 165 Å². The molecule has 2 aliphatic rings. The Morgan fingerprint density at radius 2 is 1.89 bits per heavy atom. The van der Waals surface area contributed by atoms with Crippen molar-refractivity contribution in [1.82, 2.24) is 9.97 Å². The zero-order chi connectivity index (χ0) is 18.2. The molecule has 2 aromatic heterocycles. The quantitative estimate of drug-likeness (QED) is 0.612. The van der Waals surface area contributed by atoms with Gasteiger partial charge in [-0.15, -0.1) is 11.3 Å². The smallest absolute Gasteiger partial charge is 0.141 e. The van der Waals surface area contributed by atoms with E-state index in [1.807, 2.05) is 11.3 Å². The average Bonchev–Trinajstić information content (AvgIpc) is 3.06. The maximum Gasteiger partial charge on any atom is 0.141 e. The summed E-state index contributed by atoms with van der Waals surface area (Å²) in [5.41, 5.74) is 2.84. The maximum absolute atomic E-state index is 5.14. The molecule has 1 aromatic carbocycles. The summed E-state index contributed by atoms with van der Waals surface area (Å²) in [5, 5.41) is 1.38. The third-order valence-electron chi connectivity index (χ3n) is 6.04. The van der Waals surface area contributed by atoms with Crippen LogP contribution in [0.2, 0.25) is 0 Å². The van der Waals surface area contributed by atoms with Gasteiger partial charge in [-0.3, -0.25) is 0 Å². The molecule has 1 saturated heterocycles. The number of piperidine rings is 1. The molecule has 5 rings (SSSR count). The van der Waals surface area contributed by atoms with E-state index < -0.39 is 0 Å². The van der Waals surface area contributed by atoms with Crippen LogP contribution in [0.1, 0.15) is 54.4 Å². The minimum Gasteiger partial charge on any atom is -0.356 e. The molecule has 3 heterocycles. The number of hydrogen-bond donors (Lipinski definition) is 0. The molecule has 1 aliphatic heterocycles. The van der Waals surface area contributed by atoms with Crippen LogP contribution in [-0.4, -0.2) is 23.1 Å². The van der Waals surface area contributed by atoms with Gasteiger partial charge in [0.25, 0.3) is 0 Å². The monoisotopic (exact) mass is 377 g/mol. The van der Waals surface area contributed by atoms with Crippen molar-refractivity contribution < 1.29 is 0 Å². The third kappa shape index (κ3) is 3.36. The lowest BCUT2D eigenvalue weighted by atomic mass is 9.89. The van der Waals surface area contributed by atoms with Crippen molar-refractivity contribution in [3.05, 3.63) is 52.2 Å². The fraction of sp³-hybridized carbons (Fsp3) is 0.478. The minimum absolute atomic E-state index is 0.792. The Kier molecular flexibility index (Phi) is 4.60. The summed E-state index contributed by atoms with van der Waals surface area (Å²) in [5.74, 6) is 2.99. The number of hydrogen-bond acceptors (Lipinski definition) is 4. The number of anilines is 1. The third-order valence-corrected chi connectivity index (χ3v) is 7.19. The average molecular weight is 378 g/mol. The van der Waals surface area contributed by atoms with Crippen LogP contribution in [0.15, 0.2) is 30.3 Å². The summed E-state index contributed by atoms with van der Waals surface area (Å²) in [4.78, 5) is 15.5. The molecule has 3 nitrogen and oxygen atoms in total. The van der Waals surface area contributed by atoms with Gasteiger partial charge in [-0.25, -0.2) is 9.97 Å². The van der Waals surface area contributed by atoms with Crippen LogP contribution in [0, 0.1) is 5.92 Å². The molecule has 3 aromatic rings. The molecule has 1 atom stereocenters. The Balaban J connectivity index is 1.62. The van der Waals surface area contributed by atoms with Crippen molar-refractivity contribution in [3.8, 4) is 0 Å².